The maximum atomic E-state index is 5.01. The first-order valence-corrected chi connectivity index (χ1v) is 21.4. The van der Waals surface area contributed by atoms with Gasteiger partial charge in [0, 0.05) is 61.6 Å². The lowest BCUT2D eigenvalue weighted by atomic mass is 10.0. The van der Waals surface area contributed by atoms with Crippen molar-refractivity contribution in [2.24, 2.45) is 0 Å². The summed E-state index contributed by atoms with van der Waals surface area (Å²) in [4.78, 5) is 19.7. The summed E-state index contributed by atoms with van der Waals surface area (Å²) in [5, 5.41) is 2.33. The van der Waals surface area contributed by atoms with Crippen LogP contribution in [0.5, 0.6) is 0 Å². The van der Waals surface area contributed by atoms with Gasteiger partial charge in [-0.25, -0.2) is 15.0 Å². The minimum Gasteiger partial charge on any atom is -0.334 e. The largest absolute Gasteiger partial charge is 0.334 e. The van der Waals surface area contributed by atoms with Crippen LogP contribution < -0.4 is 9.80 Å². The third-order valence-corrected chi connectivity index (χ3v) is 11.7. The second-order valence-corrected chi connectivity index (χ2v) is 15.7. The van der Waals surface area contributed by atoms with Gasteiger partial charge in [0.25, 0.3) is 0 Å². The molecule has 2 aromatic heterocycles. The molecule has 1 aliphatic carbocycles. The Morgan fingerprint density at radius 3 is 1.33 bits per heavy atom. The highest BCUT2D eigenvalue weighted by Crippen LogP contribution is 2.42. The lowest BCUT2D eigenvalue weighted by molar-refractivity contribution is 0.785. The molecule has 0 spiro atoms. The summed E-state index contributed by atoms with van der Waals surface area (Å²) in [7, 11) is 0. The first-order chi connectivity index (χ1) is 31.2. The molecule has 0 saturated carbocycles. The number of fused-ring (bicyclic) bond motifs is 3. The zero-order valence-corrected chi connectivity index (χ0v) is 34.5. The Hall–Kier alpha value is -8.35. The molecule has 6 heteroatoms. The van der Waals surface area contributed by atoms with Gasteiger partial charge in [0.15, 0.2) is 17.5 Å². The molecule has 0 fully saturated rings. The number of nitrogens with zero attached hydrogens (tertiary/aromatic N) is 6. The molecule has 0 saturated heterocycles. The minimum atomic E-state index is 0.179. The van der Waals surface area contributed by atoms with E-state index in [9.17, 15) is 0 Å². The number of para-hydroxylation sites is 3. The van der Waals surface area contributed by atoms with Gasteiger partial charge in [0.05, 0.1) is 17.1 Å². The Balaban J connectivity index is 1.08. The number of allylic oxidation sites excluding steroid dienone is 2. The maximum absolute atomic E-state index is 5.01. The SMILES string of the molecule is C1=CCC(N(c2ccccc2)c2ccc3c(c2)c2cc(N(c4ccccc4)c4ccccc4)ccc2n3-c2ccc(-c3nc(-c4ccccc4)nc(-c4ccccc4)n3)cc2)C=C1. The fourth-order valence-electron chi connectivity index (χ4n) is 8.74. The van der Waals surface area contributed by atoms with Crippen molar-refractivity contribution in [3.05, 3.63) is 237 Å². The first kappa shape index (κ1) is 37.6. The van der Waals surface area contributed by atoms with Crippen LogP contribution in [-0.4, -0.2) is 25.6 Å². The second-order valence-electron chi connectivity index (χ2n) is 15.7. The number of rotatable bonds is 10. The van der Waals surface area contributed by atoms with Crippen molar-refractivity contribution < 1.29 is 0 Å². The van der Waals surface area contributed by atoms with E-state index in [0.29, 0.717) is 17.5 Å². The Bertz CT molecular complexity index is 3140. The smallest absolute Gasteiger partial charge is 0.164 e. The van der Waals surface area contributed by atoms with Gasteiger partial charge in [-0.2, -0.15) is 0 Å². The third-order valence-electron chi connectivity index (χ3n) is 11.7. The summed E-state index contributed by atoms with van der Waals surface area (Å²) in [5.41, 5.74) is 11.7. The molecule has 0 N–H and O–H groups in total. The van der Waals surface area contributed by atoms with Gasteiger partial charge < -0.3 is 14.4 Å². The fraction of sp³-hybridized carbons (Fsp3) is 0.0351. The van der Waals surface area contributed by atoms with E-state index in [-0.39, 0.29) is 6.04 Å². The van der Waals surface area contributed by atoms with Crippen LogP contribution in [0.4, 0.5) is 28.4 Å². The molecule has 300 valence electrons. The average Bonchev–Trinajstić information content (AvgIpc) is 3.69. The van der Waals surface area contributed by atoms with Crippen molar-refractivity contribution in [1.29, 1.82) is 0 Å². The van der Waals surface area contributed by atoms with Gasteiger partial charge in [-0.15, -0.1) is 0 Å². The van der Waals surface area contributed by atoms with E-state index < -0.39 is 0 Å². The number of anilines is 5. The summed E-state index contributed by atoms with van der Waals surface area (Å²) >= 11 is 0. The molecule has 0 radical (unpaired) electrons. The quantitative estimate of drug-likeness (QED) is 0.138. The molecule has 1 atom stereocenters. The highest BCUT2D eigenvalue weighted by atomic mass is 15.2. The number of aromatic nitrogens is 4. The summed E-state index contributed by atoms with van der Waals surface area (Å²) in [5.74, 6) is 1.91. The van der Waals surface area contributed by atoms with E-state index >= 15 is 0 Å². The average molecular weight is 811 g/mol. The highest BCUT2D eigenvalue weighted by molar-refractivity contribution is 6.12. The van der Waals surface area contributed by atoms with Gasteiger partial charge in [-0.3, -0.25) is 0 Å². The monoisotopic (exact) mass is 810 g/mol. The third kappa shape index (κ3) is 7.34. The molecule has 0 aliphatic heterocycles. The fourth-order valence-corrected chi connectivity index (χ4v) is 8.74. The molecule has 1 unspecified atom stereocenters. The van der Waals surface area contributed by atoms with E-state index in [2.05, 4.69) is 190 Å². The first-order valence-electron chi connectivity index (χ1n) is 21.4. The molecule has 1 aliphatic rings. The standard InChI is InChI=1S/C57H42N6/c1-7-19-41(20-8-1)55-58-56(42-21-9-2-10-22-42)60-57(59-55)43-31-33-48(34-32-43)63-53-37-35-49(61(44-23-11-3-12-24-44)45-25-13-4-14-26-45)39-51(53)52-40-50(36-38-54(52)63)62(46-27-15-5-16-28-46)47-29-17-6-18-30-47/h1-29,31-40,47H,30H2. The molecule has 0 amide bonds. The lowest BCUT2D eigenvalue weighted by Crippen LogP contribution is -2.29. The van der Waals surface area contributed by atoms with Crippen LogP contribution in [0.1, 0.15) is 6.42 Å². The van der Waals surface area contributed by atoms with Gasteiger partial charge in [-0.1, -0.05) is 140 Å². The number of benzene rings is 8. The summed E-state index contributed by atoms with van der Waals surface area (Å²) in [6.45, 7) is 0. The summed E-state index contributed by atoms with van der Waals surface area (Å²) in [6.07, 6.45) is 9.78. The molecule has 6 nitrogen and oxygen atoms in total. The predicted octanol–water partition coefficient (Wildman–Crippen LogP) is 14.5. The Morgan fingerprint density at radius 1 is 0.397 bits per heavy atom. The van der Waals surface area contributed by atoms with Crippen LogP contribution >= 0.6 is 0 Å². The van der Waals surface area contributed by atoms with Crippen molar-refractivity contribution in [2.75, 3.05) is 9.80 Å². The van der Waals surface area contributed by atoms with Crippen molar-refractivity contribution in [1.82, 2.24) is 19.5 Å². The van der Waals surface area contributed by atoms with Crippen LogP contribution in [0.15, 0.2) is 237 Å². The Morgan fingerprint density at radius 2 is 0.841 bits per heavy atom. The molecular weight excluding hydrogens is 769 g/mol. The van der Waals surface area contributed by atoms with Crippen molar-refractivity contribution in [3.63, 3.8) is 0 Å². The van der Waals surface area contributed by atoms with Gasteiger partial charge in [0.1, 0.15) is 0 Å². The topological polar surface area (TPSA) is 50.1 Å². The second kappa shape index (κ2) is 16.6. The Labute approximate surface area is 367 Å². The van der Waals surface area contributed by atoms with Crippen molar-refractivity contribution in [3.8, 4) is 39.9 Å². The van der Waals surface area contributed by atoms with Gasteiger partial charge >= 0.3 is 0 Å². The summed E-state index contributed by atoms with van der Waals surface area (Å²) in [6, 6.07) is 74.7. The maximum Gasteiger partial charge on any atom is 0.164 e. The van der Waals surface area contributed by atoms with E-state index in [0.717, 1.165) is 73.7 Å². The van der Waals surface area contributed by atoms with E-state index in [4.69, 9.17) is 15.0 Å². The van der Waals surface area contributed by atoms with E-state index in [1.54, 1.807) is 0 Å². The zero-order valence-electron chi connectivity index (χ0n) is 34.5. The van der Waals surface area contributed by atoms with Crippen molar-refractivity contribution in [2.45, 2.75) is 12.5 Å². The molecule has 0 bridgehead atoms. The van der Waals surface area contributed by atoms with Crippen LogP contribution in [0.25, 0.3) is 61.7 Å². The van der Waals surface area contributed by atoms with Crippen LogP contribution in [0.2, 0.25) is 0 Å². The van der Waals surface area contributed by atoms with Crippen molar-refractivity contribution >= 4 is 50.2 Å². The molecule has 8 aromatic carbocycles. The van der Waals surface area contributed by atoms with E-state index in [1.807, 2.05) is 60.7 Å². The molecule has 10 aromatic rings. The number of hydrogen-bond donors (Lipinski definition) is 0. The predicted molar refractivity (Wildman–Crippen MR) is 260 cm³/mol. The zero-order chi connectivity index (χ0) is 42.0. The van der Waals surface area contributed by atoms with E-state index in [1.165, 1.54) is 5.39 Å². The molecule has 63 heavy (non-hydrogen) atoms. The summed E-state index contributed by atoms with van der Waals surface area (Å²) < 4.78 is 2.38. The molecular formula is C57H42N6. The number of hydrogen-bond acceptors (Lipinski definition) is 5. The van der Waals surface area contributed by atoms with Crippen LogP contribution in [0, 0.1) is 0 Å². The lowest BCUT2D eigenvalue weighted by Gasteiger charge is -2.32. The minimum absolute atomic E-state index is 0.179. The molecule has 2 heterocycles. The Kier molecular flexibility index (Phi) is 9.92. The molecule has 11 rings (SSSR count). The normalized spacial score (nSPS) is 13.4. The van der Waals surface area contributed by atoms with Crippen LogP contribution in [0.3, 0.4) is 0 Å². The van der Waals surface area contributed by atoms with Gasteiger partial charge in [-0.05, 0) is 103 Å². The van der Waals surface area contributed by atoms with Gasteiger partial charge in [0.2, 0.25) is 0 Å². The highest BCUT2D eigenvalue weighted by Gasteiger charge is 2.23. The van der Waals surface area contributed by atoms with Crippen LogP contribution in [-0.2, 0) is 0 Å².